The topological polar surface area (TPSA) is 29.3 Å². The minimum atomic E-state index is -0.779. The molecule has 0 radical (unpaired) electrons. The molecular formula is C12H17ClF2N2. The molecule has 2 nitrogen and oxygen atoms in total. The van der Waals surface area contributed by atoms with Gasteiger partial charge >= 0.3 is 0 Å². The molecule has 1 fully saturated rings. The zero-order valence-corrected chi connectivity index (χ0v) is 10.4. The number of piperidine rings is 1. The summed E-state index contributed by atoms with van der Waals surface area (Å²) in [4.78, 5) is 2.08. The lowest BCUT2D eigenvalue weighted by atomic mass is 10.1. The van der Waals surface area contributed by atoms with Crippen LogP contribution in [0.4, 0.5) is 8.78 Å². The first-order valence-corrected chi connectivity index (χ1v) is 5.57. The summed E-state index contributed by atoms with van der Waals surface area (Å²) in [5.41, 5.74) is 6.25. The third kappa shape index (κ3) is 3.63. The van der Waals surface area contributed by atoms with E-state index in [1.54, 1.807) is 6.07 Å². The predicted molar refractivity (Wildman–Crippen MR) is 66.1 cm³/mol. The van der Waals surface area contributed by atoms with Crippen LogP contribution in [0.25, 0.3) is 0 Å². The van der Waals surface area contributed by atoms with Gasteiger partial charge in [0.15, 0.2) is 11.6 Å². The second kappa shape index (κ2) is 6.28. The molecule has 0 aliphatic carbocycles. The number of hydrogen-bond donors (Lipinski definition) is 1. The van der Waals surface area contributed by atoms with Gasteiger partial charge in [0.1, 0.15) is 0 Å². The monoisotopic (exact) mass is 262 g/mol. The van der Waals surface area contributed by atoms with Gasteiger partial charge in [-0.05, 0) is 25.5 Å². The van der Waals surface area contributed by atoms with E-state index in [4.69, 9.17) is 5.73 Å². The van der Waals surface area contributed by atoms with Crippen molar-refractivity contribution in [3.63, 3.8) is 0 Å². The van der Waals surface area contributed by atoms with E-state index in [1.807, 2.05) is 0 Å². The zero-order chi connectivity index (χ0) is 11.5. The maximum atomic E-state index is 13.4. The molecule has 0 aromatic heterocycles. The van der Waals surface area contributed by atoms with Gasteiger partial charge in [0.25, 0.3) is 0 Å². The number of hydrogen-bond acceptors (Lipinski definition) is 2. The van der Waals surface area contributed by atoms with Gasteiger partial charge in [-0.25, -0.2) is 8.78 Å². The van der Waals surface area contributed by atoms with Crippen molar-refractivity contribution >= 4 is 12.4 Å². The van der Waals surface area contributed by atoms with E-state index in [9.17, 15) is 8.78 Å². The Morgan fingerprint density at radius 3 is 2.82 bits per heavy atom. The molecule has 1 aliphatic heterocycles. The van der Waals surface area contributed by atoms with E-state index < -0.39 is 11.6 Å². The molecule has 2 N–H and O–H groups in total. The summed E-state index contributed by atoms with van der Waals surface area (Å²) in [5, 5.41) is 0. The number of benzene rings is 1. The molecule has 1 aromatic carbocycles. The highest BCUT2D eigenvalue weighted by molar-refractivity contribution is 5.85. The minimum absolute atomic E-state index is 0. The average Bonchev–Trinajstić information content (AvgIpc) is 2.25. The van der Waals surface area contributed by atoms with Crippen LogP contribution in [0.5, 0.6) is 0 Å². The van der Waals surface area contributed by atoms with Crippen molar-refractivity contribution in [1.82, 2.24) is 4.90 Å². The molecule has 17 heavy (non-hydrogen) atoms. The van der Waals surface area contributed by atoms with E-state index in [2.05, 4.69) is 4.90 Å². The van der Waals surface area contributed by atoms with Crippen LogP contribution in [-0.2, 0) is 6.54 Å². The molecular weight excluding hydrogens is 246 g/mol. The van der Waals surface area contributed by atoms with Crippen LogP contribution in [0, 0.1) is 11.6 Å². The Kier molecular flexibility index (Phi) is 5.31. The number of rotatable bonds is 2. The normalized spacial score (nSPS) is 21.0. The molecule has 0 spiro atoms. The number of likely N-dealkylation sites (tertiary alicyclic amines) is 1. The van der Waals surface area contributed by atoms with Crippen molar-refractivity contribution in [1.29, 1.82) is 0 Å². The summed E-state index contributed by atoms with van der Waals surface area (Å²) in [6.07, 6.45) is 2.04. The lowest BCUT2D eigenvalue weighted by molar-refractivity contribution is 0.198. The Morgan fingerprint density at radius 1 is 1.35 bits per heavy atom. The van der Waals surface area contributed by atoms with Gasteiger partial charge in [-0.1, -0.05) is 12.1 Å². The highest BCUT2D eigenvalue weighted by Gasteiger charge is 2.18. The summed E-state index contributed by atoms with van der Waals surface area (Å²) in [5.74, 6) is -1.51. The molecule has 1 atom stereocenters. The molecule has 0 amide bonds. The van der Waals surface area contributed by atoms with Gasteiger partial charge in [0.2, 0.25) is 0 Å². The molecule has 2 rings (SSSR count). The molecule has 1 heterocycles. The van der Waals surface area contributed by atoms with Crippen LogP contribution in [0.2, 0.25) is 0 Å². The predicted octanol–water partition coefficient (Wildman–Crippen LogP) is 2.31. The van der Waals surface area contributed by atoms with Crippen molar-refractivity contribution in [2.45, 2.75) is 25.4 Å². The Morgan fingerprint density at radius 2 is 2.12 bits per heavy atom. The van der Waals surface area contributed by atoms with Gasteiger partial charge in [0.05, 0.1) is 0 Å². The molecule has 1 aliphatic rings. The quantitative estimate of drug-likeness (QED) is 0.886. The maximum Gasteiger partial charge on any atom is 0.163 e. The molecule has 96 valence electrons. The van der Waals surface area contributed by atoms with Crippen LogP contribution in [-0.4, -0.2) is 24.0 Å². The fraction of sp³-hybridized carbons (Fsp3) is 0.500. The first kappa shape index (κ1) is 14.4. The van der Waals surface area contributed by atoms with Gasteiger partial charge in [-0.3, -0.25) is 4.90 Å². The molecule has 5 heteroatoms. The van der Waals surface area contributed by atoms with E-state index in [1.165, 1.54) is 6.07 Å². The summed E-state index contributed by atoms with van der Waals surface area (Å²) < 4.78 is 26.4. The Balaban J connectivity index is 0.00000144. The summed E-state index contributed by atoms with van der Waals surface area (Å²) in [6, 6.07) is 4.46. The lowest BCUT2D eigenvalue weighted by Gasteiger charge is -2.30. The Bertz CT molecular complexity index is 374. The fourth-order valence-electron chi connectivity index (χ4n) is 2.15. The van der Waals surface area contributed by atoms with Crippen LogP contribution in [0.1, 0.15) is 18.4 Å². The van der Waals surface area contributed by atoms with Gasteiger partial charge in [-0.2, -0.15) is 0 Å². The van der Waals surface area contributed by atoms with Crippen molar-refractivity contribution in [3.05, 3.63) is 35.4 Å². The Labute approximate surface area is 106 Å². The second-order valence-electron chi connectivity index (χ2n) is 4.35. The third-order valence-electron chi connectivity index (χ3n) is 2.97. The number of nitrogens with two attached hydrogens (primary N) is 1. The van der Waals surface area contributed by atoms with Crippen molar-refractivity contribution in [3.8, 4) is 0 Å². The highest BCUT2D eigenvalue weighted by Crippen LogP contribution is 2.16. The SMILES string of the molecule is Cl.NC1CCCN(Cc2cccc(F)c2F)C1. The van der Waals surface area contributed by atoms with Crippen LogP contribution in [0.3, 0.4) is 0 Å². The van der Waals surface area contributed by atoms with Gasteiger partial charge in [0, 0.05) is 24.7 Å². The largest absolute Gasteiger partial charge is 0.327 e. The van der Waals surface area contributed by atoms with Crippen LogP contribution >= 0.6 is 12.4 Å². The first-order chi connectivity index (χ1) is 7.66. The smallest absolute Gasteiger partial charge is 0.163 e. The van der Waals surface area contributed by atoms with E-state index in [-0.39, 0.29) is 18.4 Å². The average molecular weight is 263 g/mol. The van der Waals surface area contributed by atoms with Crippen LogP contribution < -0.4 is 5.73 Å². The summed E-state index contributed by atoms with van der Waals surface area (Å²) in [7, 11) is 0. The minimum Gasteiger partial charge on any atom is -0.327 e. The lowest BCUT2D eigenvalue weighted by Crippen LogP contribution is -2.42. The van der Waals surface area contributed by atoms with Gasteiger partial charge < -0.3 is 5.73 Å². The van der Waals surface area contributed by atoms with Gasteiger partial charge in [-0.15, -0.1) is 12.4 Å². The van der Waals surface area contributed by atoms with E-state index in [0.717, 1.165) is 32.0 Å². The molecule has 0 bridgehead atoms. The van der Waals surface area contributed by atoms with E-state index in [0.29, 0.717) is 12.1 Å². The standard InChI is InChI=1S/C12H16F2N2.ClH/c13-11-5-1-3-9(12(11)14)7-16-6-2-4-10(15)8-16;/h1,3,5,10H,2,4,6-8,15H2;1H. The first-order valence-electron chi connectivity index (χ1n) is 5.57. The van der Waals surface area contributed by atoms with Crippen molar-refractivity contribution < 1.29 is 8.78 Å². The maximum absolute atomic E-state index is 13.4. The number of halogens is 3. The van der Waals surface area contributed by atoms with Crippen molar-refractivity contribution in [2.24, 2.45) is 5.73 Å². The molecule has 1 unspecified atom stereocenters. The van der Waals surface area contributed by atoms with Crippen LogP contribution in [0.15, 0.2) is 18.2 Å². The number of nitrogens with zero attached hydrogens (tertiary/aromatic N) is 1. The summed E-state index contributed by atoms with van der Waals surface area (Å²) >= 11 is 0. The zero-order valence-electron chi connectivity index (χ0n) is 9.53. The third-order valence-corrected chi connectivity index (χ3v) is 2.97. The molecule has 0 saturated carbocycles. The molecule has 1 saturated heterocycles. The molecule has 1 aromatic rings. The van der Waals surface area contributed by atoms with E-state index >= 15 is 0 Å². The second-order valence-corrected chi connectivity index (χ2v) is 4.35. The fourth-order valence-corrected chi connectivity index (χ4v) is 2.15. The van der Waals surface area contributed by atoms with Crippen molar-refractivity contribution in [2.75, 3.05) is 13.1 Å². The Hall–Kier alpha value is -0.710. The summed E-state index contributed by atoms with van der Waals surface area (Å²) in [6.45, 7) is 2.11. The highest BCUT2D eigenvalue weighted by atomic mass is 35.5.